The molecule has 3 aromatic rings. The van der Waals surface area contributed by atoms with E-state index in [9.17, 15) is 9.59 Å². The van der Waals surface area contributed by atoms with Crippen LogP contribution in [-0.4, -0.2) is 78.0 Å². The van der Waals surface area contributed by atoms with Gasteiger partial charge in [-0.1, -0.05) is 22.0 Å². The van der Waals surface area contributed by atoms with Gasteiger partial charge in [0.05, 0.1) is 12.6 Å². The first-order valence-electron chi connectivity index (χ1n) is 11.9. The van der Waals surface area contributed by atoms with Crippen LogP contribution in [0.2, 0.25) is 0 Å². The largest absolute Gasteiger partial charge is 0.493 e. The number of methoxy groups -OCH3 is 1. The lowest BCUT2D eigenvalue weighted by atomic mass is 9.99. The van der Waals surface area contributed by atoms with Crippen molar-refractivity contribution in [1.82, 2.24) is 19.8 Å². The second kappa shape index (κ2) is 9.93. The smallest absolute Gasteiger partial charge is 0.270 e. The Hall–Kier alpha value is -3.40. The third-order valence-corrected chi connectivity index (χ3v) is 7.47. The molecule has 1 N–H and O–H groups in total. The highest BCUT2D eigenvalue weighted by Crippen LogP contribution is 2.34. The molecule has 2 aliphatic rings. The van der Waals surface area contributed by atoms with Gasteiger partial charge in [-0.2, -0.15) is 0 Å². The Balaban J connectivity index is 1.36. The molecule has 1 aromatic carbocycles. The molecule has 188 valence electrons. The van der Waals surface area contributed by atoms with E-state index in [2.05, 4.69) is 30.8 Å². The summed E-state index contributed by atoms with van der Waals surface area (Å²) in [5.74, 6) is 0.831. The van der Waals surface area contributed by atoms with Crippen LogP contribution in [0.1, 0.15) is 29.4 Å². The van der Waals surface area contributed by atoms with E-state index in [1.54, 1.807) is 35.2 Å². The van der Waals surface area contributed by atoms with Gasteiger partial charge in [-0.15, -0.1) is 0 Å². The summed E-state index contributed by atoms with van der Waals surface area (Å²) in [5.41, 5.74) is 1.81. The molecule has 0 saturated carbocycles. The second-order valence-corrected chi connectivity index (χ2v) is 9.81. The lowest BCUT2D eigenvalue weighted by Crippen LogP contribution is -2.49. The summed E-state index contributed by atoms with van der Waals surface area (Å²) in [4.78, 5) is 38.2. The van der Waals surface area contributed by atoms with Crippen molar-refractivity contribution in [2.75, 3.05) is 51.3 Å². The van der Waals surface area contributed by atoms with E-state index in [-0.39, 0.29) is 17.3 Å². The van der Waals surface area contributed by atoms with E-state index >= 15 is 4.39 Å². The number of hydrogen-bond acceptors (Lipinski definition) is 5. The molecule has 0 aliphatic carbocycles. The second-order valence-electron chi connectivity index (χ2n) is 8.96. The highest BCUT2D eigenvalue weighted by molar-refractivity contribution is 9.10. The van der Waals surface area contributed by atoms with Gasteiger partial charge in [-0.3, -0.25) is 9.59 Å². The van der Waals surface area contributed by atoms with Crippen molar-refractivity contribution in [3.63, 3.8) is 0 Å². The number of nitrogens with zero attached hydrogens (tertiary/aromatic N) is 4. The SMILES string of the molecule is COc1cccnc1N1CCN(C(=O)c2cc3c(Br)cc(C4=CCCN(C(C)=O)C4)c(F)c3[nH]2)CC1. The van der Waals surface area contributed by atoms with Gasteiger partial charge in [0.15, 0.2) is 17.4 Å². The number of piperazine rings is 1. The summed E-state index contributed by atoms with van der Waals surface area (Å²) in [6.45, 7) is 4.76. The van der Waals surface area contributed by atoms with Crippen LogP contribution in [0.5, 0.6) is 5.75 Å². The molecule has 5 rings (SSSR count). The predicted molar refractivity (Wildman–Crippen MR) is 140 cm³/mol. The van der Waals surface area contributed by atoms with Crippen molar-refractivity contribution in [3.8, 4) is 5.75 Å². The number of benzene rings is 1. The van der Waals surface area contributed by atoms with Crippen LogP contribution in [0.4, 0.5) is 10.2 Å². The minimum absolute atomic E-state index is 0.0319. The average molecular weight is 556 g/mol. The first kappa shape index (κ1) is 24.3. The number of aromatic nitrogens is 2. The Morgan fingerprint density at radius 2 is 1.92 bits per heavy atom. The molecule has 8 nitrogen and oxygen atoms in total. The van der Waals surface area contributed by atoms with Gasteiger partial charge >= 0.3 is 0 Å². The number of halogens is 2. The van der Waals surface area contributed by atoms with E-state index in [0.29, 0.717) is 72.6 Å². The zero-order valence-corrected chi connectivity index (χ0v) is 21.8. The van der Waals surface area contributed by atoms with Crippen molar-refractivity contribution in [3.05, 3.63) is 58.1 Å². The maximum absolute atomic E-state index is 15.6. The van der Waals surface area contributed by atoms with Crippen LogP contribution in [-0.2, 0) is 4.79 Å². The number of rotatable bonds is 4. The highest BCUT2D eigenvalue weighted by atomic mass is 79.9. The van der Waals surface area contributed by atoms with Crippen molar-refractivity contribution in [1.29, 1.82) is 0 Å². The van der Waals surface area contributed by atoms with Crippen LogP contribution in [0.25, 0.3) is 16.5 Å². The van der Waals surface area contributed by atoms with Crippen LogP contribution in [0.3, 0.4) is 0 Å². The summed E-state index contributed by atoms with van der Waals surface area (Å²) < 4.78 is 21.8. The Morgan fingerprint density at radius 1 is 1.14 bits per heavy atom. The normalized spacial score (nSPS) is 16.3. The van der Waals surface area contributed by atoms with Gasteiger partial charge in [0.2, 0.25) is 5.91 Å². The van der Waals surface area contributed by atoms with Gasteiger partial charge < -0.3 is 24.4 Å². The molecule has 0 bridgehead atoms. The predicted octanol–water partition coefficient (Wildman–Crippen LogP) is 4.07. The number of pyridine rings is 1. The molecule has 0 unspecified atom stereocenters. The molecule has 0 spiro atoms. The van der Waals surface area contributed by atoms with Crippen LogP contribution in [0, 0.1) is 5.82 Å². The minimum Gasteiger partial charge on any atom is -0.493 e. The summed E-state index contributed by atoms with van der Waals surface area (Å²) in [6.07, 6.45) is 4.37. The number of anilines is 1. The van der Waals surface area contributed by atoms with Crippen LogP contribution in [0.15, 0.2) is 41.0 Å². The molecule has 2 aromatic heterocycles. The van der Waals surface area contributed by atoms with Gasteiger partial charge in [-0.25, -0.2) is 9.37 Å². The number of hydrogen-bond donors (Lipinski definition) is 1. The number of fused-ring (bicyclic) bond motifs is 1. The fourth-order valence-corrected chi connectivity index (χ4v) is 5.39. The number of amides is 2. The van der Waals surface area contributed by atoms with E-state index in [4.69, 9.17) is 4.74 Å². The molecule has 1 fully saturated rings. The maximum atomic E-state index is 15.6. The average Bonchev–Trinajstić information content (AvgIpc) is 3.37. The van der Waals surface area contributed by atoms with Crippen LogP contribution >= 0.6 is 15.9 Å². The molecule has 36 heavy (non-hydrogen) atoms. The first-order chi connectivity index (χ1) is 17.4. The van der Waals surface area contributed by atoms with Gasteiger partial charge in [0.25, 0.3) is 5.91 Å². The molecule has 0 radical (unpaired) electrons. The number of H-pyrrole nitrogens is 1. The Kier molecular flexibility index (Phi) is 6.70. The van der Waals surface area contributed by atoms with Gasteiger partial charge in [-0.05, 0) is 36.3 Å². The molecular weight excluding hydrogens is 529 g/mol. The summed E-state index contributed by atoms with van der Waals surface area (Å²) >= 11 is 3.55. The summed E-state index contributed by atoms with van der Waals surface area (Å²) in [6, 6.07) is 7.12. The fourth-order valence-electron chi connectivity index (χ4n) is 4.85. The molecule has 10 heteroatoms. The molecule has 1 saturated heterocycles. The van der Waals surface area contributed by atoms with Crippen LogP contribution < -0.4 is 9.64 Å². The summed E-state index contributed by atoms with van der Waals surface area (Å²) in [7, 11) is 1.61. The number of ether oxygens (including phenoxy) is 1. The monoisotopic (exact) mass is 555 g/mol. The molecule has 0 atom stereocenters. The topological polar surface area (TPSA) is 81.8 Å². The first-order valence-corrected chi connectivity index (χ1v) is 12.7. The van der Waals surface area contributed by atoms with E-state index in [0.717, 1.165) is 11.4 Å². The zero-order valence-electron chi connectivity index (χ0n) is 20.2. The molecule has 2 amide bonds. The quantitative estimate of drug-likeness (QED) is 0.524. The lowest BCUT2D eigenvalue weighted by molar-refractivity contribution is -0.128. The van der Waals surface area contributed by atoms with Crippen molar-refractivity contribution < 1.29 is 18.7 Å². The fraction of sp³-hybridized carbons (Fsp3) is 0.346. The number of carbonyl (C=O) groups excluding carboxylic acids is 2. The van der Waals surface area contributed by atoms with Gasteiger partial charge in [0.1, 0.15) is 5.69 Å². The van der Waals surface area contributed by atoms with Crippen molar-refractivity contribution >= 4 is 50.0 Å². The Morgan fingerprint density at radius 3 is 2.64 bits per heavy atom. The standard InChI is InChI=1S/C26H27BrFN5O3/c1-16(34)33-8-4-5-17(15-33)18-13-20(27)19-14-21(30-24(19)23(18)28)26(35)32-11-9-31(10-12-32)25-22(36-2)6-3-7-29-25/h3,5-7,13-14,30H,4,8-12,15H2,1-2H3. The lowest BCUT2D eigenvalue weighted by Gasteiger charge is -2.35. The van der Waals surface area contributed by atoms with E-state index < -0.39 is 5.82 Å². The zero-order chi connectivity index (χ0) is 25.4. The Labute approximate surface area is 216 Å². The third kappa shape index (κ3) is 4.45. The Bertz CT molecular complexity index is 1360. The molecular formula is C26H27BrFN5O3. The number of nitrogens with one attached hydrogen (secondary N) is 1. The number of aromatic amines is 1. The highest BCUT2D eigenvalue weighted by Gasteiger charge is 2.27. The third-order valence-electron chi connectivity index (χ3n) is 6.81. The van der Waals surface area contributed by atoms with Gasteiger partial charge in [0, 0.05) is 67.8 Å². The van der Waals surface area contributed by atoms with E-state index in [1.165, 1.54) is 6.92 Å². The minimum atomic E-state index is -0.420. The van der Waals surface area contributed by atoms with Crippen molar-refractivity contribution in [2.45, 2.75) is 13.3 Å². The van der Waals surface area contributed by atoms with Crippen molar-refractivity contribution in [2.24, 2.45) is 0 Å². The number of carbonyl (C=O) groups is 2. The van der Waals surface area contributed by atoms with E-state index in [1.807, 2.05) is 18.2 Å². The molecule has 2 aliphatic heterocycles. The maximum Gasteiger partial charge on any atom is 0.270 e. The summed E-state index contributed by atoms with van der Waals surface area (Å²) in [5, 5.41) is 0.608. The molecule has 4 heterocycles.